The van der Waals surface area contributed by atoms with Crippen molar-refractivity contribution in [3.63, 3.8) is 0 Å². The first-order valence-electron chi connectivity index (χ1n) is 6.69. The second-order valence-electron chi connectivity index (χ2n) is 4.85. The van der Waals surface area contributed by atoms with Gasteiger partial charge in [0.2, 0.25) is 0 Å². The number of fused-ring (bicyclic) bond motifs is 1. The molecule has 5 nitrogen and oxygen atoms in total. The molecule has 0 spiro atoms. The third kappa shape index (κ3) is 3.37. The molecule has 0 unspecified atom stereocenters. The summed E-state index contributed by atoms with van der Waals surface area (Å²) in [5.74, 6) is -0.249. The minimum absolute atomic E-state index is 0.134. The van der Waals surface area contributed by atoms with Crippen LogP contribution < -0.4 is 4.74 Å². The maximum atomic E-state index is 12.1. The molecule has 0 aliphatic carbocycles. The largest absolute Gasteiger partial charge is 0.423 e. The Kier molecular flexibility index (Phi) is 4.08. The lowest BCUT2D eigenvalue weighted by Gasteiger charge is -2.06. The Hall–Kier alpha value is -2.73. The second-order valence-corrected chi connectivity index (χ2v) is 5.77. The zero-order valence-corrected chi connectivity index (χ0v) is 13.3. The van der Waals surface area contributed by atoms with E-state index in [0.717, 1.165) is 15.2 Å². The quantitative estimate of drug-likeness (QED) is 0.289. The van der Waals surface area contributed by atoms with Crippen LogP contribution in [0.1, 0.15) is 10.4 Å². The van der Waals surface area contributed by atoms with E-state index in [4.69, 9.17) is 4.74 Å². The van der Waals surface area contributed by atoms with Gasteiger partial charge in [0.1, 0.15) is 5.75 Å². The standard InChI is InChI=1S/C17H10BrNO4/c18-14-6-4-12-10-16(7-5-11(12)8-14)23-17(20)13-2-1-3-15(9-13)19(21)22/h1-10H. The van der Waals surface area contributed by atoms with Crippen LogP contribution in [0.4, 0.5) is 5.69 Å². The molecule has 6 heteroatoms. The average molecular weight is 372 g/mol. The summed E-state index contributed by atoms with van der Waals surface area (Å²) in [7, 11) is 0. The van der Waals surface area contributed by atoms with E-state index in [-0.39, 0.29) is 11.3 Å². The van der Waals surface area contributed by atoms with E-state index >= 15 is 0 Å². The highest BCUT2D eigenvalue weighted by molar-refractivity contribution is 9.10. The van der Waals surface area contributed by atoms with Gasteiger partial charge in [-0.15, -0.1) is 0 Å². The molecule has 0 aliphatic rings. The van der Waals surface area contributed by atoms with Crippen molar-refractivity contribution in [2.75, 3.05) is 0 Å². The van der Waals surface area contributed by atoms with Crippen molar-refractivity contribution in [2.24, 2.45) is 0 Å². The van der Waals surface area contributed by atoms with Gasteiger partial charge in [-0.3, -0.25) is 10.1 Å². The summed E-state index contributed by atoms with van der Waals surface area (Å²) in [6.45, 7) is 0. The van der Waals surface area contributed by atoms with Crippen LogP contribution in [0.25, 0.3) is 10.8 Å². The number of carbonyl (C=O) groups excluding carboxylic acids is 1. The van der Waals surface area contributed by atoms with E-state index in [1.165, 1.54) is 24.3 Å². The zero-order valence-electron chi connectivity index (χ0n) is 11.7. The highest BCUT2D eigenvalue weighted by atomic mass is 79.9. The highest BCUT2D eigenvalue weighted by Crippen LogP contribution is 2.25. The summed E-state index contributed by atoms with van der Waals surface area (Å²) in [6.07, 6.45) is 0. The molecule has 23 heavy (non-hydrogen) atoms. The number of rotatable bonds is 3. The van der Waals surface area contributed by atoms with Crippen LogP contribution in [-0.2, 0) is 0 Å². The number of hydrogen-bond acceptors (Lipinski definition) is 4. The number of nitrogens with zero attached hydrogens (tertiary/aromatic N) is 1. The predicted molar refractivity (Wildman–Crippen MR) is 89.7 cm³/mol. The third-order valence-corrected chi connectivity index (χ3v) is 3.77. The van der Waals surface area contributed by atoms with E-state index in [1.807, 2.05) is 24.3 Å². The zero-order chi connectivity index (χ0) is 16.4. The van der Waals surface area contributed by atoms with Crippen molar-refractivity contribution in [2.45, 2.75) is 0 Å². The van der Waals surface area contributed by atoms with E-state index in [9.17, 15) is 14.9 Å². The first-order valence-corrected chi connectivity index (χ1v) is 7.48. The molecular weight excluding hydrogens is 362 g/mol. The molecule has 3 aromatic rings. The summed E-state index contributed by atoms with van der Waals surface area (Å²) in [5, 5.41) is 12.7. The molecule has 0 fully saturated rings. The van der Waals surface area contributed by atoms with Crippen LogP contribution >= 0.6 is 15.9 Å². The molecular formula is C17H10BrNO4. The molecule has 0 bridgehead atoms. The molecule has 0 aromatic heterocycles. The van der Waals surface area contributed by atoms with E-state index in [2.05, 4.69) is 15.9 Å². The minimum atomic E-state index is -0.634. The molecule has 3 aromatic carbocycles. The van der Waals surface area contributed by atoms with E-state index in [0.29, 0.717) is 5.75 Å². The summed E-state index contributed by atoms with van der Waals surface area (Å²) in [6, 6.07) is 16.5. The molecule has 3 rings (SSSR count). The molecule has 0 N–H and O–H groups in total. The predicted octanol–water partition coefficient (Wildman–Crippen LogP) is 4.73. The van der Waals surface area contributed by atoms with Crippen molar-refractivity contribution in [1.82, 2.24) is 0 Å². The lowest BCUT2D eigenvalue weighted by atomic mass is 10.1. The third-order valence-electron chi connectivity index (χ3n) is 3.28. The van der Waals surface area contributed by atoms with Gasteiger partial charge in [0.25, 0.3) is 5.69 Å². The van der Waals surface area contributed by atoms with Crippen molar-refractivity contribution >= 4 is 38.4 Å². The first-order chi connectivity index (χ1) is 11.0. The Balaban J connectivity index is 1.86. The Morgan fingerprint density at radius 2 is 1.74 bits per heavy atom. The van der Waals surface area contributed by atoms with E-state index in [1.54, 1.807) is 12.1 Å². The van der Waals surface area contributed by atoms with Gasteiger partial charge < -0.3 is 4.74 Å². The SMILES string of the molecule is O=C(Oc1ccc2cc(Br)ccc2c1)c1cccc([N+](=O)[O-])c1. The fourth-order valence-electron chi connectivity index (χ4n) is 2.17. The summed E-state index contributed by atoms with van der Waals surface area (Å²) < 4.78 is 6.26. The Morgan fingerprint density at radius 3 is 2.52 bits per heavy atom. The lowest BCUT2D eigenvalue weighted by molar-refractivity contribution is -0.384. The van der Waals surface area contributed by atoms with Crippen LogP contribution in [0, 0.1) is 10.1 Å². The fourth-order valence-corrected chi connectivity index (χ4v) is 2.55. The maximum Gasteiger partial charge on any atom is 0.343 e. The van der Waals surface area contributed by atoms with Gasteiger partial charge in [0.15, 0.2) is 0 Å². The van der Waals surface area contributed by atoms with Crippen molar-refractivity contribution in [1.29, 1.82) is 0 Å². The second kappa shape index (κ2) is 6.18. The van der Waals surface area contributed by atoms with Crippen molar-refractivity contribution < 1.29 is 14.5 Å². The van der Waals surface area contributed by atoms with Gasteiger partial charge >= 0.3 is 5.97 Å². The number of halogens is 1. The van der Waals surface area contributed by atoms with Crippen LogP contribution in [-0.4, -0.2) is 10.9 Å². The van der Waals surface area contributed by atoms with Crippen LogP contribution in [0.3, 0.4) is 0 Å². The Labute approximate surface area is 139 Å². The molecule has 0 saturated heterocycles. The van der Waals surface area contributed by atoms with E-state index < -0.39 is 10.9 Å². The molecule has 0 radical (unpaired) electrons. The number of non-ortho nitro benzene ring substituents is 1. The first kappa shape index (κ1) is 15.2. The van der Waals surface area contributed by atoms with Crippen LogP contribution in [0.15, 0.2) is 65.1 Å². The van der Waals surface area contributed by atoms with Gasteiger partial charge in [0.05, 0.1) is 10.5 Å². The Bertz CT molecular complexity index is 923. The van der Waals surface area contributed by atoms with Crippen molar-refractivity contribution in [3.8, 4) is 5.75 Å². The van der Waals surface area contributed by atoms with Gasteiger partial charge in [0, 0.05) is 16.6 Å². The number of hydrogen-bond donors (Lipinski definition) is 0. The number of benzene rings is 3. The summed E-state index contributed by atoms with van der Waals surface area (Å²) in [5.41, 5.74) is -0.0158. The smallest absolute Gasteiger partial charge is 0.343 e. The average Bonchev–Trinajstić information content (AvgIpc) is 2.55. The van der Waals surface area contributed by atoms with Crippen LogP contribution in [0.5, 0.6) is 5.75 Å². The Morgan fingerprint density at radius 1 is 1.00 bits per heavy atom. The normalized spacial score (nSPS) is 10.5. The van der Waals surface area contributed by atoms with Crippen molar-refractivity contribution in [3.05, 3.63) is 80.8 Å². The van der Waals surface area contributed by atoms with Gasteiger partial charge in [-0.05, 0) is 41.1 Å². The topological polar surface area (TPSA) is 69.4 Å². The fraction of sp³-hybridized carbons (Fsp3) is 0. The van der Waals surface area contributed by atoms with Gasteiger partial charge in [-0.2, -0.15) is 0 Å². The molecule has 0 heterocycles. The number of nitro groups is 1. The highest BCUT2D eigenvalue weighted by Gasteiger charge is 2.13. The number of nitro benzene ring substituents is 1. The maximum absolute atomic E-state index is 12.1. The monoisotopic (exact) mass is 371 g/mol. The minimum Gasteiger partial charge on any atom is -0.423 e. The lowest BCUT2D eigenvalue weighted by Crippen LogP contribution is -2.08. The summed E-state index contributed by atoms with van der Waals surface area (Å²) in [4.78, 5) is 22.3. The molecule has 114 valence electrons. The summed E-state index contributed by atoms with van der Waals surface area (Å²) >= 11 is 3.40. The number of esters is 1. The number of carbonyl (C=O) groups is 1. The molecule has 0 saturated carbocycles. The van der Waals surface area contributed by atoms with Gasteiger partial charge in [-0.1, -0.05) is 34.1 Å². The molecule has 0 atom stereocenters. The van der Waals surface area contributed by atoms with Gasteiger partial charge in [-0.25, -0.2) is 4.79 Å². The van der Waals surface area contributed by atoms with Crippen LogP contribution in [0.2, 0.25) is 0 Å². The molecule has 0 amide bonds. The molecule has 0 aliphatic heterocycles. The number of ether oxygens (including phenoxy) is 1.